The number of nitrogens with zero attached hydrogens (tertiary/aromatic N) is 1. The van der Waals surface area contributed by atoms with E-state index >= 15 is 0 Å². The summed E-state index contributed by atoms with van der Waals surface area (Å²) in [6, 6.07) is 9.43. The van der Waals surface area contributed by atoms with Crippen molar-refractivity contribution in [2.24, 2.45) is 11.8 Å². The summed E-state index contributed by atoms with van der Waals surface area (Å²) >= 11 is 7.49. The molecular formula is C18H18ClNO3S. The Morgan fingerprint density at radius 2 is 2.04 bits per heavy atom. The van der Waals surface area contributed by atoms with Crippen LogP contribution in [0.25, 0.3) is 10.4 Å². The molecular weight excluding hydrogens is 346 g/mol. The van der Waals surface area contributed by atoms with Crippen LogP contribution in [0.1, 0.15) is 22.2 Å². The molecule has 0 aliphatic carbocycles. The summed E-state index contributed by atoms with van der Waals surface area (Å²) in [7, 11) is 0. The topological polar surface area (TPSA) is 57.6 Å². The van der Waals surface area contributed by atoms with Gasteiger partial charge in [-0.3, -0.25) is 9.59 Å². The van der Waals surface area contributed by atoms with Crippen LogP contribution in [0.2, 0.25) is 5.02 Å². The van der Waals surface area contributed by atoms with E-state index in [1.54, 1.807) is 4.90 Å². The van der Waals surface area contributed by atoms with Gasteiger partial charge in [-0.1, -0.05) is 30.7 Å². The lowest BCUT2D eigenvalue weighted by Crippen LogP contribution is -2.29. The number of rotatable bonds is 3. The average Bonchev–Trinajstić information content (AvgIpc) is 3.10. The van der Waals surface area contributed by atoms with E-state index in [1.165, 1.54) is 11.3 Å². The molecule has 2 aromatic rings. The molecule has 0 saturated carbocycles. The number of carbonyl (C=O) groups is 2. The zero-order valence-corrected chi connectivity index (χ0v) is 15.0. The zero-order valence-electron chi connectivity index (χ0n) is 13.5. The fourth-order valence-corrected chi connectivity index (χ4v) is 4.44. The van der Waals surface area contributed by atoms with Gasteiger partial charge in [0.25, 0.3) is 5.91 Å². The third-order valence-electron chi connectivity index (χ3n) is 4.43. The van der Waals surface area contributed by atoms with Gasteiger partial charge in [-0.25, -0.2) is 0 Å². The molecule has 0 spiro atoms. The number of benzene rings is 1. The van der Waals surface area contributed by atoms with Gasteiger partial charge in [-0.2, -0.15) is 0 Å². The van der Waals surface area contributed by atoms with E-state index in [0.717, 1.165) is 16.0 Å². The molecule has 126 valence electrons. The molecule has 1 fully saturated rings. The van der Waals surface area contributed by atoms with Crippen molar-refractivity contribution in [2.75, 3.05) is 13.1 Å². The summed E-state index contributed by atoms with van der Waals surface area (Å²) in [4.78, 5) is 27.3. The Morgan fingerprint density at radius 3 is 2.67 bits per heavy atom. The van der Waals surface area contributed by atoms with Gasteiger partial charge in [0.2, 0.25) is 0 Å². The lowest BCUT2D eigenvalue weighted by Gasteiger charge is -2.14. The summed E-state index contributed by atoms with van der Waals surface area (Å²) in [6.45, 7) is 4.61. The Hall–Kier alpha value is -1.85. The van der Waals surface area contributed by atoms with E-state index in [0.29, 0.717) is 16.4 Å². The first kappa shape index (κ1) is 17.0. The lowest BCUT2D eigenvalue weighted by atomic mass is 9.99. The van der Waals surface area contributed by atoms with E-state index in [2.05, 4.69) is 0 Å². The van der Waals surface area contributed by atoms with Crippen molar-refractivity contribution in [1.82, 2.24) is 4.90 Å². The van der Waals surface area contributed by atoms with Crippen molar-refractivity contribution < 1.29 is 14.7 Å². The first-order valence-corrected chi connectivity index (χ1v) is 8.94. The van der Waals surface area contributed by atoms with Crippen molar-refractivity contribution in [3.63, 3.8) is 0 Å². The lowest BCUT2D eigenvalue weighted by molar-refractivity contribution is -0.142. The van der Waals surface area contributed by atoms with Crippen molar-refractivity contribution in [3.8, 4) is 10.4 Å². The maximum atomic E-state index is 12.7. The molecule has 1 aliphatic heterocycles. The summed E-state index contributed by atoms with van der Waals surface area (Å²) in [6.07, 6.45) is 0. The molecule has 3 rings (SSSR count). The summed E-state index contributed by atoms with van der Waals surface area (Å²) in [5.74, 6) is -1.44. The highest BCUT2D eigenvalue weighted by atomic mass is 35.5. The Bertz CT molecular complexity index is 801. The van der Waals surface area contributed by atoms with Crippen molar-refractivity contribution in [2.45, 2.75) is 13.8 Å². The molecule has 0 radical (unpaired) electrons. The van der Waals surface area contributed by atoms with Crippen LogP contribution < -0.4 is 0 Å². The summed E-state index contributed by atoms with van der Waals surface area (Å²) < 4.78 is 0. The van der Waals surface area contributed by atoms with Crippen LogP contribution in [-0.4, -0.2) is 35.0 Å². The first-order valence-electron chi connectivity index (χ1n) is 7.75. The van der Waals surface area contributed by atoms with Crippen LogP contribution in [-0.2, 0) is 4.79 Å². The van der Waals surface area contributed by atoms with Gasteiger partial charge in [0, 0.05) is 23.0 Å². The number of amides is 1. The summed E-state index contributed by atoms with van der Waals surface area (Å²) in [5.41, 5.74) is 2.01. The SMILES string of the molecule is Cc1cc(C(=O)N2C[C@@H](C)[C@H](C(=O)O)C2)sc1-c1cccc(Cl)c1. The Kier molecular flexibility index (Phi) is 4.65. The number of hydrogen-bond donors (Lipinski definition) is 1. The largest absolute Gasteiger partial charge is 0.481 e. The zero-order chi connectivity index (χ0) is 17.4. The van der Waals surface area contributed by atoms with Gasteiger partial charge in [-0.15, -0.1) is 11.3 Å². The van der Waals surface area contributed by atoms with Gasteiger partial charge < -0.3 is 10.0 Å². The Labute approximate surface area is 149 Å². The second kappa shape index (κ2) is 6.57. The molecule has 1 N–H and O–H groups in total. The van der Waals surface area contributed by atoms with E-state index < -0.39 is 11.9 Å². The minimum absolute atomic E-state index is 0.0279. The molecule has 1 aliphatic rings. The number of aryl methyl sites for hydroxylation is 1. The highest BCUT2D eigenvalue weighted by Gasteiger charge is 2.37. The number of aliphatic carboxylic acids is 1. The van der Waals surface area contributed by atoms with E-state index in [-0.39, 0.29) is 18.4 Å². The van der Waals surface area contributed by atoms with Gasteiger partial charge in [0.15, 0.2) is 0 Å². The van der Waals surface area contributed by atoms with Gasteiger partial charge in [0.1, 0.15) is 0 Å². The number of thiophene rings is 1. The standard InChI is InChI=1S/C18H18ClNO3S/c1-10-6-15(24-16(10)12-4-3-5-13(19)7-12)17(21)20-8-11(2)14(9-20)18(22)23/h3-7,11,14H,8-9H2,1-2H3,(H,22,23)/t11-,14-/m1/s1. The second-order valence-electron chi connectivity index (χ2n) is 6.27. The molecule has 1 amide bonds. The molecule has 0 unspecified atom stereocenters. The van der Waals surface area contributed by atoms with E-state index in [4.69, 9.17) is 11.6 Å². The molecule has 2 heterocycles. The highest BCUT2D eigenvalue weighted by molar-refractivity contribution is 7.17. The minimum Gasteiger partial charge on any atom is -0.481 e. The predicted molar refractivity (Wildman–Crippen MR) is 95.7 cm³/mol. The maximum absolute atomic E-state index is 12.7. The average molecular weight is 364 g/mol. The number of likely N-dealkylation sites (tertiary alicyclic amines) is 1. The molecule has 0 bridgehead atoms. The molecule has 1 aromatic carbocycles. The number of carboxylic acids is 1. The maximum Gasteiger partial charge on any atom is 0.308 e. The van der Waals surface area contributed by atoms with Crippen molar-refractivity contribution >= 4 is 34.8 Å². The molecule has 24 heavy (non-hydrogen) atoms. The predicted octanol–water partition coefficient (Wildman–Crippen LogP) is 4.17. The number of halogens is 1. The highest BCUT2D eigenvalue weighted by Crippen LogP contribution is 2.35. The summed E-state index contributed by atoms with van der Waals surface area (Å²) in [5, 5.41) is 9.89. The van der Waals surface area contributed by atoms with Crippen LogP contribution in [0.4, 0.5) is 0 Å². The number of carbonyl (C=O) groups excluding carboxylic acids is 1. The van der Waals surface area contributed by atoms with Gasteiger partial charge in [0.05, 0.1) is 10.8 Å². The third kappa shape index (κ3) is 3.19. The molecule has 1 aromatic heterocycles. The van der Waals surface area contributed by atoms with Crippen LogP contribution in [0.15, 0.2) is 30.3 Å². The Morgan fingerprint density at radius 1 is 1.29 bits per heavy atom. The molecule has 4 nitrogen and oxygen atoms in total. The fourth-order valence-electron chi connectivity index (χ4n) is 3.11. The molecule has 6 heteroatoms. The fraction of sp³-hybridized carbons (Fsp3) is 0.333. The monoisotopic (exact) mass is 363 g/mol. The smallest absolute Gasteiger partial charge is 0.308 e. The minimum atomic E-state index is -0.834. The normalized spacial score (nSPS) is 20.4. The van der Waals surface area contributed by atoms with Crippen LogP contribution >= 0.6 is 22.9 Å². The Balaban J connectivity index is 1.85. The van der Waals surface area contributed by atoms with Gasteiger partial charge in [-0.05, 0) is 42.2 Å². The number of hydrogen-bond acceptors (Lipinski definition) is 3. The first-order chi connectivity index (χ1) is 11.4. The quantitative estimate of drug-likeness (QED) is 0.890. The van der Waals surface area contributed by atoms with Crippen LogP contribution in [0, 0.1) is 18.8 Å². The van der Waals surface area contributed by atoms with Crippen LogP contribution in [0.3, 0.4) is 0 Å². The second-order valence-corrected chi connectivity index (χ2v) is 7.75. The van der Waals surface area contributed by atoms with E-state index in [1.807, 2.05) is 44.2 Å². The van der Waals surface area contributed by atoms with Crippen molar-refractivity contribution in [1.29, 1.82) is 0 Å². The van der Waals surface area contributed by atoms with Crippen LogP contribution in [0.5, 0.6) is 0 Å². The number of carboxylic acid groups (broad SMARTS) is 1. The van der Waals surface area contributed by atoms with E-state index in [9.17, 15) is 14.7 Å². The molecule has 1 saturated heterocycles. The van der Waals surface area contributed by atoms with Gasteiger partial charge >= 0.3 is 5.97 Å². The molecule has 2 atom stereocenters. The third-order valence-corrected chi connectivity index (χ3v) is 5.94. The van der Waals surface area contributed by atoms with Crippen molar-refractivity contribution in [3.05, 3.63) is 45.8 Å².